The van der Waals surface area contributed by atoms with E-state index in [0.29, 0.717) is 6.42 Å². The summed E-state index contributed by atoms with van der Waals surface area (Å²) in [6.45, 7) is 1.73. The molecular formula is C10H12ClN3O3. The standard InChI is InChI=1S/C10H12ClN3O3/c1-6(2-5-9(15)16)12-10(17)7-3-4-8(11)14-13-7/h3-4,6H,2,5H2,1H3,(H,12,17)(H,15,16). The lowest BCUT2D eigenvalue weighted by Crippen LogP contribution is -2.33. The summed E-state index contributed by atoms with van der Waals surface area (Å²) < 4.78 is 0. The molecule has 6 nitrogen and oxygen atoms in total. The molecular weight excluding hydrogens is 246 g/mol. The number of hydrogen-bond donors (Lipinski definition) is 2. The first-order valence-corrected chi connectivity index (χ1v) is 5.38. The number of carbonyl (C=O) groups is 2. The first-order valence-electron chi connectivity index (χ1n) is 5.01. The van der Waals surface area contributed by atoms with Gasteiger partial charge in [0.25, 0.3) is 5.91 Å². The van der Waals surface area contributed by atoms with Gasteiger partial charge in [0, 0.05) is 12.5 Å². The first-order chi connectivity index (χ1) is 7.99. The topological polar surface area (TPSA) is 92.2 Å². The van der Waals surface area contributed by atoms with E-state index in [1.807, 2.05) is 0 Å². The van der Waals surface area contributed by atoms with Crippen molar-refractivity contribution in [1.29, 1.82) is 0 Å². The summed E-state index contributed by atoms with van der Waals surface area (Å²) in [5.74, 6) is -1.29. The maximum atomic E-state index is 11.6. The lowest BCUT2D eigenvalue weighted by Gasteiger charge is -2.11. The number of carboxylic acid groups (broad SMARTS) is 1. The highest BCUT2D eigenvalue weighted by molar-refractivity contribution is 6.29. The zero-order chi connectivity index (χ0) is 12.8. The molecule has 0 spiro atoms. The van der Waals surface area contributed by atoms with Crippen LogP contribution in [0.2, 0.25) is 5.15 Å². The number of hydrogen-bond acceptors (Lipinski definition) is 4. The minimum atomic E-state index is -0.891. The van der Waals surface area contributed by atoms with E-state index in [9.17, 15) is 9.59 Å². The summed E-state index contributed by atoms with van der Waals surface area (Å²) in [6, 6.07) is 2.68. The van der Waals surface area contributed by atoms with E-state index in [0.717, 1.165) is 0 Å². The molecule has 1 heterocycles. The van der Waals surface area contributed by atoms with E-state index >= 15 is 0 Å². The van der Waals surface area contributed by atoms with Crippen molar-refractivity contribution >= 4 is 23.5 Å². The van der Waals surface area contributed by atoms with Crippen LogP contribution in [0.5, 0.6) is 0 Å². The minimum Gasteiger partial charge on any atom is -0.481 e. The summed E-state index contributed by atoms with van der Waals surface area (Å²) in [5, 5.41) is 18.5. The molecule has 2 N–H and O–H groups in total. The van der Waals surface area contributed by atoms with Crippen molar-refractivity contribution in [2.45, 2.75) is 25.8 Å². The third-order valence-electron chi connectivity index (χ3n) is 2.03. The molecule has 0 saturated carbocycles. The van der Waals surface area contributed by atoms with Crippen LogP contribution in [-0.2, 0) is 4.79 Å². The van der Waals surface area contributed by atoms with E-state index in [1.165, 1.54) is 12.1 Å². The fourth-order valence-corrected chi connectivity index (χ4v) is 1.25. The Balaban J connectivity index is 2.48. The Morgan fingerprint density at radius 1 is 1.47 bits per heavy atom. The summed E-state index contributed by atoms with van der Waals surface area (Å²) in [7, 11) is 0. The zero-order valence-corrected chi connectivity index (χ0v) is 9.94. The number of halogens is 1. The van der Waals surface area contributed by atoms with Crippen LogP contribution in [0.1, 0.15) is 30.3 Å². The maximum Gasteiger partial charge on any atom is 0.303 e. The molecule has 1 unspecified atom stereocenters. The van der Waals surface area contributed by atoms with Crippen LogP contribution in [0.15, 0.2) is 12.1 Å². The molecule has 1 amide bonds. The molecule has 1 aromatic heterocycles. The van der Waals surface area contributed by atoms with Crippen LogP contribution in [-0.4, -0.2) is 33.2 Å². The smallest absolute Gasteiger partial charge is 0.303 e. The van der Waals surface area contributed by atoms with E-state index in [4.69, 9.17) is 16.7 Å². The highest BCUT2D eigenvalue weighted by Gasteiger charge is 2.12. The Morgan fingerprint density at radius 2 is 2.18 bits per heavy atom. The van der Waals surface area contributed by atoms with Crippen molar-refractivity contribution in [1.82, 2.24) is 15.5 Å². The molecule has 92 valence electrons. The monoisotopic (exact) mass is 257 g/mol. The minimum absolute atomic E-state index is 0.00768. The number of nitrogens with zero attached hydrogens (tertiary/aromatic N) is 2. The predicted molar refractivity (Wildman–Crippen MR) is 60.8 cm³/mol. The third-order valence-corrected chi connectivity index (χ3v) is 2.23. The Morgan fingerprint density at radius 3 is 2.71 bits per heavy atom. The van der Waals surface area contributed by atoms with Crippen LogP contribution in [0, 0.1) is 0 Å². The molecule has 0 radical (unpaired) electrons. The summed E-state index contributed by atoms with van der Waals surface area (Å²) in [5.41, 5.74) is 0.150. The molecule has 1 aromatic rings. The molecule has 17 heavy (non-hydrogen) atoms. The molecule has 0 aliphatic heterocycles. The molecule has 0 aliphatic carbocycles. The number of carboxylic acids is 1. The quantitative estimate of drug-likeness (QED) is 0.824. The molecule has 0 bridgehead atoms. The molecule has 1 atom stereocenters. The van der Waals surface area contributed by atoms with E-state index in [2.05, 4.69) is 15.5 Å². The van der Waals surface area contributed by atoms with Gasteiger partial charge in [0.15, 0.2) is 10.8 Å². The number of aliphatic carboxylic acids is 1. The normalized spacial score (nSPS) is 11.9. The second-order valence-corrected chi connectivity index (χ2v) is 3.94. The average Bonchev–Trinajstić information content (AvgIpc) is 2.27. The number of rotatable bonds is 5. The highest BCUT2D eigenvalue weighted by atomic mass is 35.5. The van der Waals surface area contributed by atoms with Gasteiger partial charge in [-0.2, -0.15) is 0 Å². The third kappa shape index (κ3) is 4.78. The summed E-state index contributed by atoms with van der Waals surface area (Å²) >= 11 is 5.54. The summed E-state index contributed by atoms with van der Waals surface area (Å²) in [6.07, 6.45) is 0.371. The van der Waals surface area contributed by atoms with Crippen LogP contribution in [0.25, 0.3) is 0 Å². The number of aromatic nitrogens is 2. The Kier molecular flexibility index (Phi) is 4.84. The predicted octanol–water partition coefficient (Wildman–Crippen LogP) is 1.11. The van der Waals surface area contributed by atoms with Crippen molar-refractivity contribution in [3.63, 3.8) is 0 Å². The number of nitrogens with one attached hydrogen (secondary N) is 1. The van der Waals surface area contributed by atoms with Gasteiger partial charge in [-0.05, 0) is 25.5 Å². The molecule has 7 heteroatoms. The van der Waals surface area contributed by atoms with Crippen molar-refractivity contribution in [2.24, 2.45) is 0 Å². The van der Waals surface area contributed by atoms with E-state index in [-0.39, 0.29) is 23.3 Å². The van der Waals surface area contributed by atoms with Crippen LogP contribution in [0.4, 0.5) is 0 Å². The molecule has 0 saturated heterocycles. The Hall–Kier alpha value is -1.69. The fourth-order valence-electron chi connectivity index (χ4n) is 1.15. The SMILES string of the molecule is CC(CCC(=O)O)NC(=O)c1ccc(Cl)nn1. The molecule has 0 fully saturated rings. The largest absolute Gasteiger partial charge is 0.481 e. The van der Waals surface area contributed by atoms with Gasteiger partial charge < -0.3 is 10.4 Å². The lowest BCUT2D eigenvalue weighted by molar-refractivity contribution is -0.137. The molecule has 0 aromatic carbocycles. The van der Waals surface area contributed by atoms with Crippen molar-refractivity contribution in [3.8, 4) is 0 Å². The second-order valence-electron chi connectivity index (χ2n) is 3.55. The highest BCUT2D eigenvalue weighted by Crippen LogP contribution is 2.03. The van der Waals surface area contributed by atoms with Crippen LogP contribution >= 0.6 is 11.6 Å². The van der Waals surface area contributed by atoms with Gasteiger partial charge in [-0.25, -0.2) is 0 Å². The van der Waals surface area contributed by atoms with Gasteiger partial charge in [-0.3, -0.25) is 9.59 Å². The van der Waals surface area contributed by atoms with Gasteiger partial charge >= 0.3 is 5.97 Å². The van der Waals surface area contributed by atoms with Crippen LogP contribution in [0.3, 0.4) is 0 Å². The zero-order valence-electron chi connectivity index (χ0n) is 9.18. The number of amides is 1. The van der Waals surface area contributed by atoms with Gasteiger partial charge in [-0.1, -0.05) is 11.6 Å². The average molecular weight is 258 g/mol. The van der Waals surface area contributed by atoms with Gasteiger partial charge in [0.1, 0.15) is 0 Å². The van der Waals surface area contributed by atoms with Crippen molar-refractivity contribution in [3.05, 3.63) is 23.0 Å². The second kappa shape index (κ2) is 6.15. The van der Waals surface area contributed by atoms with Gasteiger partial charge in [-0.15, -0.1) is 10.2 Å². The van der Waals surface area contributed by atoms with Gasteiger partial charge in [0.05, 0.1) is 0 Å². The lowest BCUT2D eigenvalue weighted by atomic mass is 10.2. The Labute approximate surface area is 103 Å². The molecule has 1 rings (SSSR count). The fraction of sp³-hybridized carbons (Fsp3) is 0.400. The first kappa shape index (κ1) is 13.4. The van der Waals surface area contributed by atoms with Gasteiger partial charge in [0.2, 0.25) is 0 Å². The Bertz CT molecular complexity index is 408. The van der Waals surface area contributed by atoms with Crippen LogP contribution < -0.4 is 5.32 Å². The molecule has 0 aliphatic rings. The van der Waals surface area contributed by atoms with E-state index in [1.54, 1.807) is 6.92 Å². The maximum absolute atomic E-state index is 11.6. The summed E-state index contributed by atoms with van der Waals surface area (Å²) in [4.78, 5) is 22.0. The number of carbonyl (C=O) groups excluding carboxylic acids is 1. The van der Waals surface area contributed by atoms with E-state index < -0.39 is 11.9 Å². The van der Waals surface area contributed by atoms with Crippen molar-refractivity contribution in [2.75, 3.05) is 0 Å². The van der Waals surface area contributed by atoms with Crippen molar-refractivity contribution < 1.29 is 14.7 Å².